The van der Waals surface area contributed by atoms with Gasteiger partial charge in [0.1, 0.15) is 11.2 Å². The van der Waals surface area contributed by atoms with Gasteiger partial charge in [0.25, 0.3) is 0 Å². The van der Waals surface area contributed by atoms with Gasteiger partial charge in [0, 0.05) is 49.9 Å². The molecule has 258 valence electrons. The van der Waals surface area contributed by atoms with Crippen LogP contribution in [0.15, 0.2) is 211 Å². The Morgan fingerprint density at radius 3 is 1.82 bits per heavy atom. The highest BCUT2D eigenvalue weighted by Gasteiger charge is 2.20. The second kappa shape index (κ2) is 12.6. The van der Waals surface area contributed by atoms with E-state index in [0.717, 1.165) is 55.8 Å². The SMILES string of the molecule is c1ccc(-c2cccc(N(c3ccccc3)c3ccc(-c4cc(-n5c6ccccc6c6cc7ccccc7cc65)cc5c4oc4ccccc45)cc3)c2)cc1. The summed E-state index contributed by atoms with van der Waals surface area (Å²) in [6.45, 7) is 0. The summed E-state index contributed by atoms with van der Waals surface area (Å²) in [5.41, 5.74) is 13.0. The van der Waals surface area contributed by atoms with Gasteiger partial charge in [-0.3, -0.25) is 0 Å². The van der Waals surface area contributed by atoms with E-state index in [1.165, 1.54) is 43.7 Å². The fraction of sp³-hybridized carbons (Fsp3) is 0. The monoisotopic (exact) mass is 702 g/mol. The van der Waals surface area contributed by atoms with Crippen LogP contribution in [0.25, 0.3) is 82.5 Å². The van der Waals surface area contributed by atoms with Gasteiger partial charge in [-0.05, 0) is 100 Å². The quantitative estimate of drug-likeness (QED) is 0.172. The lowest BCUT2D eigenvalue weighted by atomic mass is 10.00. The third-order valence-electron chi connectivity index (χ3n) is 10.9. The number of para-hydroxylation sites is 3. The number of nitrogens with zero attached hydrogens (tertiary/aromatic N) is 2. The summed E-state index contributed by atoms with van der Waals surface area (Å²) in [7, 11) is 0. The predicted molar refractivity (Wildman–Crippen MR) is 231 cm³/mol. The minimum atomic E-state index is 0.884. The highest BCUT2D eigenvalue weighted by Crippen LogP contribution is 2.43. The largest absolute Gasteiger partial charge is 0.455 e. The zero-order valence-corrected chi connectivity index (χ0v) is 29.9. The van der Waals surface area contributed by atoms with Crippen molar-refractivity contribution >= 4 is 71.6 Å². The minimum Gasteiger partial charge on any atom is -0.455 e. The first-order valence-electron chi connectivity index (χ1n) is 18.8. The molecule has 0 spiro atoms. The molecule has 2 aromatic heterocycles. The first-order valence-corrected chi connectivity index (χ1v) is 18.8. The smallest absolute Gasteiger partial charge is 0.143 e. The van der Waals surface area contributed by atoms with Gasteiger partial charge in [-0.2, -0.15) is 0 Å². The fourth-order valence-corrected chi connectivity index (χ4v) is 8.36. The number of hydrogen-bond acceptors (Lipinski definition) is 2. The van der Waals surface area contributed by atoms with Crippen LogP contribution < -0.4 is 4.90 Å². The van der Waals surface area contributed by atoms with Crippen LogP contribution in [-0.4, -0.2) is 4.57 Å². The summed E-state index contributed by atoms with van der Waals surface area (Å²) in [4.78, 5) is 2.33. The second-order valence-corrected chi connectivity index (χ2v) is 14.2. The van der Waals surface area contributed by atoms with Crippen LogP contribution in [0.2, 0.25) is 0 Å². The van der Waals surface area contributed by atoms with Crippen LogP contribution in [-0.2, 0) is 0 Å². The molecule has 0 fully saturated rings. The second-order valence-electron chi connectivity index (χ2n) is 14.2. The molecule has 0 aliphatic heterocycles. The topological polar surface area (TPSA) is 21.3 Å². The molecule has 0 radical (unpaired) electrons. The molecule has 2 heterocycles. The molecule has 0 N–H and O–H groups in total. The first kappa shape index (κ1) is 31.2. The van der Waals surface area contributed by atoms with Crippen LogP contribution in [0, 0.1) is 0 Å². The lowest BCUT2D eigenvalue weighted by Crippen LogP contribution is -2.09. The number of furan rings is 1. The number of benzene rings is 9. The molecule has 55 heavy (non-hydrogen) atoms. The summed E-state index contributed by atoms with van der Waals surface area (Å²) >= 11 is 0. The Bertz CT molecular complexity index is 3190. The van der Waals surface area contributed by atoms with E-state index >= 15 is 0 Å². The number of hydrogen-bond donors (Lipinski definition) is 0. The minimum absolute atomic E-state index is 0.884. The lowest BCUT2D eigenvalue weighted by Gasteiger charge is -2.26. The van der Waals surface area contributed by atoms with Gasteiger partial charge in [-0.15, -0.1) is 0 Å². The number of anilines is 3. The third kappa shape index (κ3) is 5.20. The molecule has 0 bridgehead atoms. The molecule has 0 saturated heterocycles. The van der Waals surface area contributed by atoms with Crippen LogP contribution in [0.1, 0.15) is 0 Å². The van der Waals surface area contributed by atoms with Gasteiger partial charge in [-0.25, -0.2) is 0 Å². The van der Waals surface area contributed by atoms with Crippen molar-refractivity contribution in [2.45, 2.75) is 0 Å². The van der Waals surface area contributed by atoms with E-state index in [0.29, 0.717) is 0 Å². The van der Waals surface area contributed by atoms with Gasteiger partial charge in [-0.1, -0.05) is 133 Å². The first-order chi connectivity index (χ1) is 27.3. The summed E-state index contributed by atoms with van der Waals surface area (Å²) in [5.74, 6) is 0. The summed E-state index contributed by atoms with van der Waals surface area (Å²) in [6.07, 6.45) is 0. The van der Waals surface area contributed by atoms with E-state index in [1.54, 1.807) is 0 Å². The molecule has 0 saturated carbocycles. The molecule has 11 rings (SSSR count). The van der Waals surface area contributed by atoms with E-state index in [1.807, 2.05) is 6.07 Å². The van der Waals surface area contributed by atoms with E-state index in [2.05, 4.69) is 210 Å². The number of fused-ring (bicyclic) bond motifs is 7. The Balaban J connectivity index is 1.10. The molecule has 3 nitrogen and oxygen atoms in total. The van der Waals surface area contributed by atoms with Gasteiger partial charge in [0.2, 0.25) is 0 Å². The van der Waals surface area contributed by atoms with E-state index in [-0.39, 0.29) is 0 Å². The van der Waals surface area contributed by atoms with Crippen LogP contribution >= 0.6 is 0 Å². The Morgan fingerprint density at radius 2 is 1.00 bits per heavy atom. The van der Waals surface area contributed by atoms with E-state index < -0.39 is 0 Å². The molecule has 0 atom stereocenters. The van der Waals surface area contributed by atoms with Crippen molar-refractivity contribution in [3.8, 4) is 27.9 Å². The molecule has 0 unspecified atom stereocenters. The van der Waals surface area contributed by atoms with Gasteiger partial charge >= 0.3 is 0 Å². The zero-order valence-electron chi connectivity index (χ0n) is 29.9. The maximum absolute atomic E-state index is 6.69. The molecular weight excluding hydrogens is 669 g/mol. The van der Waals surface area contributed by atoms with E-state index in [4.69, 9.17) is 4.42 Å². The average molecular weight is 703 g/mol. The summed E-state index contributed by atoms with van der Waals surface area (Å²) < 4.78 is 9.12. The van der Waals surface area contributed by atoms with Gasteiger partial charge in [0.05, 0.1) is 11.0 Å². The molecule has 3 heteroatoms. The Kier molecular flexibility index (Phi) is 7.17. The van der Waals surface area contributed by atoms with Crippen molar-refractivity contribution in [2.24, 2.45) is 0 Å². The normalized spacial score (nSPS) is 11.6. The highest BCUT2D eigenvalue weighted by atomic mass is 16.3. The molecule has 9 aromatic carbocycles. The van der Waals surface area contributed by atoms with Crippen molar-refractivity contribution in [3.63, 3.8) is 0 Å². The van der Waals surface area contributed by atoms with E-state index in [9.17, 15) is 0 Å². The van der Waals surface area contributed by atoms with Gasteiger partial charge < -0.3 is 13.9 Å². The average Bonchev–Trinajstić information content (AvgIpc) is 3.79. The zero-order chi connectivity index (χ0) is 36.3. The maximum atomic E-state index is 6.69. The Morgan fingerprint density at radius 1 is 0.364 bits per heavy atom. The highest BCUT2D eigenvalue weighted by molar-refractivity contribution is 6.15. The van der Waals surface area contributed by atoms with Crippen LogP contribution in [0.3, 0.4) is 0 Å². The molecule has 0 amide bonds. The van der Waals surface area contributed by atoms with Crippen molar-refractivity contribution in [1.82, 2.24) is 4.57 Å². The Hall–Kier alpha value is -7.36. The molecule has 0 aliphatic carbocycles. The molecular formula is C52H34N2O. The fourth-order valence-electron chi connectivity index (χ4n) is 8.36. The van der Waals surface area contributed by atoms with Crippen molar-refractivity contribution in [2.75, 3.05) is 4.90 Å². The standard InChI is InChI=1S/C52H34N2O/c1-3-14-35(15-4-1)37-18-13-21-42(30-37)53(40-19-5-2-6-20-40)41-28-26-36(27-29-41)46-33-43(34-48-45-23-10-12-25-51(45)55-52(46)48)54-49-24-11-9-22-44(49)47-31-38-16-7-8-17-39(38)32-50(47)54/h1-34H. The molecule has 11 aromatic rings. The lowest BCUT2D eigenvalue weighted by molar-refractivity contribution is 0.670. The molecule has 0 aliphatic rings. The maximum Gasteiger partial charge on any atom is 0.143 e. The predicted octanol–water partition coefficient (Wildman–Crippen LogP) is 14.6. The van der Waals surface area contributed by atoms with Crippen molar-refractivity contribution < 1.29 is 4.42 Å². The van der Waals surface area contributed by atoms with Crippen LogP contribution in [0.4, 0.5) is 17.1 Å². The van der Waals surface area contributed by atoms with Gasteiger partial charge in [0.15, 0.2) is 0 Å². The number of rotatable bonds is 6. The van der Waals surface area contributed by atoms with Crippen LogP contribution in [0.5, 0.6) is 0 Å². The summed E-state index contributed by atoms with van der Waals surface area (Å²) in [6, 6.07) is 73.9. The third-order valence-corrected chi connectivity index (χ3v) is 10.9. The van der Waals surface area contributed by atoms with Crippen molar-refractivity contribution in [1.29, 1.82) is 0 Å². The Labute approximate surface area is 318 Å². The number of aromatic nitrogens is 1. The summed E-state index contributed by atoms with van der Waals surface area (Å²) in [5, 5.41) is 7.16. The van der Waals surface area contributed by atoms with Crippen molar-refractivity contribution in [3.05, 3.63) is 206 Å².